The summed E-state index contributed by atoms with van der Waals surface area (Å²) in [5.74, 6) is 3.99. The van der Waals surface area contributed by atoms with E-state index in [0.717, 1.165) is 78.9 Å². The number of ether oxygens (including phenoxy) is 2. The van der Waals surface area contributed by atoms with Crippen LogP contribution in [-0.2, 0) is 25.8 Å². The summed E-state index contributed by atoms with van der Waals surface area (Å²) in [5, 5.41) is 0.975. The highest BCUT2D eigenvalue weighted by molar-refractivity contribution is 7.90. The van der Waals surface area contributed by atoms with E-state index < -0.39 is 9.84 Å². The maximum atomic E-state index is 11.6. The second-order valence-electron chi connectivity index (χ2n) is 12.3. The average Bonchev–Trinajstić information content (AvgIpc) is 3.45. The van der Waals surface area contributed by atoms with Crippen molar-refractivity contribution in [3.63, 3.8) is 0 Å². The summed E-state index contributed by atoms with van der Waals surface area (Å²) >= 11 is 0. The van der Waals surface area contributed by atoms with Gasteiger partial charge in [0.05, 0.1) is 17.9 Å². The van der Waals surface area contributed by atoms with E-state index in [4.69, 9.17) is 14.5 Å². The van der Waals surface area contributed by atoms with Crippen molar-refractivity contribution in [2.45, 2.75) is 77.2 Å². The lowest BCUT2D eigenvalue weighted by Gasteiger charge is -2.36. The van der Waals surface area contributed by atoms with Crippen LogP contribution in [0.1, 0.15) is 72.0 Å². The summed E-state index contributed by atoms with van der Waals surface area (Å²) in [5.41, 5.74) is 0.995. The summed E-state index contributed by atoms with van der Waals surface area (Å²) in [7, 11) is -2.99. The first-order valence-corrected chi connectivity index (χ1v) is 18.0. The largest absolute Gasteiger partial charge is 0.493 e. The lowest BCUT2D eigenvalue weighted by molar-refractivity contribution is -0.150. The van der Waals surface area contributed by atoms with E-state index in [1.807, 2.05) is 49.6 Å². The maximum Gasteiger partial charge on any atom is 0.305 e. The molecule has 1 saturated heterocycles. The number of rotatable bonds is 13. The molecule has 1 saturated carbocycles. The van der Waals surface area contributed by atoms with E-state index in [-0.39, 0.29) is 24.7 Å². The van der Waals surface area contributed by atoms with Crippen LogP contribution in [0.25, 0.3) is 16.7 Å². The average molecular weight is 631 g/mol. The number of carbonyl (C=O) groups is 1. The molecule has 0 amide bonds. The van der Waals surface area contributed by atoms with Gasteiger partial charge in [0.1, 0.15) is 33.3 Å². The minimum atomic E-state index is -2.99. The van der Waals surface area contributed by atoms with E-state index >= 15 is 0 Å². The van der Waals surface area contributed by atoms with Crippen molar-refractivity contribution in [3.05, 3.63) is 48.5 Å². The summed E-state index contributed by atoms with van der Waals surface area (Å²) in [6.45, 7) is 5.45. The highest BCUT2D eigenvalue weighted by Gasteiger charge is 2.27. The smallest absolute Gasteiger partial charge is 0.305 e. The van der Waals surface area contributed by atoms with E-state index in [9.17, 15) is 13.2 Å². The summed E-state index contributed by atoms with van der Waals surface area (Å²) in [6.07, 6.45) is 15.1. The molecule has 1 aliphatic heterocycles. The number of nitrogens with zero attached hydrogens (tertiary/aromatic N) is 4. The quantitative estimate of drug-likeness (QED) is 0.194. The van der Waals surface area contributed by atoms with Crippen LogP contribution < -0.4 is 4.74 Å². The van der Waals surface area contributed by atoms with Crippen molar-refractivity contribution in [1.29, 1.82) is 0 Å². The van der Waals surface area contributed by atoms with Crippen LogP contribution in [0.15, 0.2) is 42.7 Å². The predicted molar refractivity (Wildman–Crippen MR) is 174 cm³/mol. The van der Waals surface area contributed by atoms with Gasteiger partial charge < -0.3 is 24.4 Å². The lowest BCUT2D eigenvalue weighted by atomic mass is 9.79. The van der Waals surface area contributed by atoms with Crippen LogP contribution in [0, 0.1) is 11.8 Å². The van der Waals surface area contributed by atoms with Gasteiger partial charge in [0.25, 0.3) is 0 Å². The number of aromatic nitrogens is 3. The highest BCUT2D eigenvalue weighted by Crippen LogP contribution is 2.33. The number of esters is 1. The Kier molecular flexibility index (Phi) is 12.2. The maximum absolute atomic E-state index is 11.6. The molecule has 1 aromatic carbocycles. The second kappa shape index (κ2) is 15.8. The molecule has 0 spiro atoms. The zero-order valence-electron chi connectivity index (χ0n) is 26.1. The van der Waals surface area contributed by atoms with Crippen molar-refractivity contribution in [2.75, 3.05) is 38.2 Å². The Hall–Kier alpha value is -3.02. The molecule has 244 valence electrons. The molecule has 1 aliphatic carbocycles. The zero-order chi connectivity index (χ0) is 30.2. The normalized spacial score (nSPS) is 19.9. The van der Waals surface area contributed by atoms with Gasteiger partial charge in [0, 0.05) is 57.9 Å². The standard InChI is InChI=1S/C33H46N4O5S.H2O.H2/c1-3-33(38)42-27-15-19-36(20-16-27)24-26-10-8-25(9-11-26)12-13-31-34-18-14-32(35-31)37-21-17-28-29(37)6-4-7-30(28)41-22-5-23-43(2,39)40;;/h4,6-7,14,17-18,21,25-27H,3,5,8-13,15-16,19-20,22-24H2,1-2H3;1H2;1H. The predicted octanol–water partition coefficient (Wildman–Crippen LogP) is 4.81. The fraction of sp³-hybridized carbons (Fsp3) is 0.606. The third-order valence-corrected chi connectivity index (χ3v) is 9.96. The monoisotopic (exact) mass is 630 g/mol. The first-order chi connectivity index (χ1) is 20.8. The summed E-state index contributed by atoms with van der Waals surface area (Å²) in [4.78, 5) is 23.6. The molecule has 2 fully saturated rings. The van der Waals surface area contributed by atoms with Crippen molar-refractivity contribution in [2.24, 2.45) is 11.8 Å². The topological polar surface area (TPSA) is 135 Å². The number of benzene rings is 1. The van der Waals surface area contributed by atoms with Gasteiger partial charge in [0.2, 0.25) is 0 Å². The molecule has 3 aromatic rings. The number of aryl methyl sites for hydroxylation is 1. The van der Waals surface area contributed by atoms with Gasteiger partial charge >= 0.3 is 5.97 Å². The van der Waals surface area contributed by atoms with Gasteiger partial charge in [-0.3, -0.25) is 4.79 Å². The molecule has 11 heteroatoms. The Morgan fingerprint density at radius 2 is 1.80 bits per heavy atom. The fourth-order valence-electron chi connectivity index (χ4n) is 6.49. The Morgan fingerprint density at radius 1 is 1.05 bits per heavy atom. The van der Waals surface area contributed by atoms with E-state index in [1.54, 1.807) is 0 Å². The Labute approximate surface area is 262 Å². The van der Waals surface area contributed by atoms with Gasteiger partial charge in [0.15, 0.2) is 0 Å². The minimum Gasteiger partial charge on any atom is -0.493 e. The van der Waals surface area contributed by atoms with Crippen LogP contribution in [-0.4, -0.2) is 83.7 Å². The third kappa shape index (κ3) is 9.49. The van der Waals surface area contributed by atoms with Crippen LogP contribution in [0.2, 0.25) is 0 Å². The van der Waals surface area contributed by atoms with Gasteiger partial charge in [-0.2, -0.15) is 0 Å². The molecule has 0 atom stereocenters. The van der Waals surface area contributed by atoms with Crippen LogP contribution in [0.5, 0.6) is 5.75 Å². The zero-order valence-corrected chi connectivity index (χ0v) is 26.9. The minimum absolute atomic E-state index is 0. The number of fused-ring (bicyclic) bond motifs is 1. The lowest BCUT2D eigenvalue weighted by Crippen LogP contribution is -2.40. The van der Waals surface area contributed by atoms with Crippen LogP contribution >= 0.6 is 0 Å². The van der Waals surface area contributed by atoms with Crippen LogP contribution in [0.4, 0.5) is 0 Å². The molecule has 5 rings (SSSR count). The van der Waals surface area contributed by atoms with Gasteiger partial charge in [-0.1, -0.05) is 25.8 Å². The van der Waals surface area contributed by atoms with Gasteiger partial charge in [-0.05, 0) is 74.6 Å². The number of carbonyl (C=O) groups excluding carboxylic acids is 1. The third-order valence-electron chi connectivity index (χ3n) is 8.93. The molecule has 0 radical (unpaired) electrons. The van der Waals surface area contributed by atoms with E-state index in [2.05, 4.69) is 14.5 Å². The fourth-order valence-corrected chi connectivity index (χ4v) is 7.13. The van der Waals surface area contributed by atoms with Crippen molar-refractivity contribution in [1.82, 2.24) is 19.4 Å². The van der Waals surface area contributed by atoms with Crippen molar-refractivity contribution < 1.29 is 29.6 Å². The summed E-state index contributed by atoms with van der Waals surface area (Å²) in [6, 6.07) is 9.87. The number of hydrogen-bond donors (Lipinski definition) is 0. The van der Waals surface area contributed by atoms with Crippen molar-refractivity contribution in [3.8, 4) is 11.6 Å². The Morgan fingerprint density at radius 3 is 2.52 bits per heavy atom. The molecule has 44 heavy (non-hydrogen) atoms. The molecule has 0 unspecified atom stereocenters. The number of sulfone groups is 1. The van der Waals surface area contributed by atoms with Gasteiger partial charge in [-0.15, -0.1) is 0 Å². The molecule has 2 aromatic heterocycles. The summed E-state index contributed by atoms with van der Waals surface area (Å²) < 4.78 is 36.4. The molecule has 0 bridgehead atoms. The molecule has 3 heterocycles. The van der Waals surface area contributed by atoms with E-state index in [1.165, 1.54) is 38.5 Å². The molecule has 2 N–H and O–H groups in total. The number of likely N-dealkylation sites (tertiary alicyclic amines) is 1. The van der Waals surface area contributed by atoms with Gasteiger partial charge in [-0.25, -0.2) is 18.4 Å². The molecule has 10 nitrogen and oxygen atoms in total. The highest BCUT2D eigenvalue weighted by atomic mass is 32.2. The van der Waals surface area contributed by atoms with Crippen LogP contribution in [0.3, 0.4) is 0 Å². The number of piperidine rings is 1. The SMILES string of the molecule is CCC(=O)OC1CCN(CC2CCC(CCc3nccc(-n4ccc5c(OCCCS(C)(=O)=O)cccc54)n3)CC2)CC1.O.[HH]. The van der Waals surface area contributed by atoms with Crippen molar-refractivity contribution >= 4 is 26.7 Å². The Balaban J connectivity index is 0.00000276. The molecule has 2 aliphatic rings. The first kappa shape index (κ1) is 33.9. The number of hydrogen-bond acceptors (Lipinski definition) is 8. The molecular formula is C33H50N4O6S. The first-order valence-electron chi connectivity index (χ1n) is 15.9. The molecular weight excluding hydrogens is 580 g/mol. The van der Waals surface area contributed by atoms with E-state index in [0.29, 0.717) is 19.4 Å². The second-order valence-corrected chi connectivity index (χ2v) is 14.6. The Bertz CT molecular complexity index is 1470.